The first-order chi connectivity index (χ1) is 10.4. The fourth-order valence-electron chi connectivity index (χ4n) is 2.46. The number of rotatable bonds is 5. The van der Waals surface area contributed by atoms with Crippen molar-refractivity contribution in [1.29, 1.82) is 0 Å². The van der Waals surface area contributed by atoms with Gasteiger partial charge in [0.1, 0.15) is 10.0 Å². The first-order valence-corrected chi connectivity index (χ1v) is 8.25. The highest BCUT2D eigenvalue weighted by Crippen LogP contribution is 2.27. The maximum absolute atomic E-state index is 4.35. The van der Waals surface area contributed by atoms with Gasteiger partial charge in [-0.2, -0.15) is 0 Å². The second kappa shape index (κ2) is 5.54. The summed E-state index contributed by atoms with van der Waals surface area (Å²) in [4.78, 5) is 0. The van der Waals surface area contributed by atoms with E-state index in [1.54, 1.807) is 11.3 Å². The Morgan fingerprint density at radius 3 is 2.76 bits per heavy atom. The zero-order valence-electron chi connectivity index (χ0n) is 11.7. The second-order valence-corrected chi connectivity index (χ2v) is 6.60. The van der Waals surface area contributed by atoms with Crippen molar-refractivity contribution in [3.8, 4) is 10.6 Å². The first-order valence-electron chi connectivity index (χ1n) is 7.43. The van der Waals surface area contributed by atoms with E-state index in [2.05, 4.69) is 58.0 Å². The molecule has 1 fully saturated rings. The van der Waals surface area contributed by atoms with E-state index in [0.29, 0.717) is 0 Å². The standard InChI is InChI=1S/C17H17N3S/c1-2-4-13-11-14(6-5-12(13)3-1)17-20-19-16(21-17)9-10-18-15-7-8-15/h1-6,11,15,18H,7-10H2. The maximum atomic E-state index is 4.35. The lowest BCUT2D eigenvalue weighted by molar-refractivity contribution is 0.677. The molecule has 0 saturated heterocycles. The van der Waals surface area contributed by atoms with Gasteiger partial charge in [-0.15, -0.1) is 10.2 Å². The minimum Gasteiger partial charge on any atom is -0.314 e. The lowest BCUT2D eigenvalue weighted by Gasteiger charge is -2.00. The summed E-state index contributed by atoms with van der Waals surface area (Å²) in [7, 11) is 0. The van der Waals surface area contributed by atoms with E-state index in [9.17, 15) is 0 Å². The number of benzene rings is 2. The second-order valence-electron chi connectivity index (χ2n) is 5.54. The molecule has 4 heteroatoms. The number of nitrogens with zero attached hydrogens (tertiary/aromatic N) is 2. The largest absolute Gasteiger partial charge is 0.314 e. The molecule has 0 radical (unpaired) electrons. The van der Waals surface area contributed by atoms with Crippen molar-refractivity contribution in [3.63, 3.8) is 0 Å². The Morgan fingerprint density at radius 2 is 1.90 bits per heavy atom. The van der Waals surface area contributed by atoms with Gasteiger partial charge in [-0.3, -0.25) is 0 Å². The van der Waals surface area contributed by atoms with E-state index in [1.165, 1.54) is 23.6 Å². The van der Waals surface area contributed by atoms with Gasteiger partial charge in [-0.1, -0.05) is 47.7 Å². The van der Waals surface area contributed by atoms with Crippen LogP contribution >= 0.6 is 11.3 Å². The Kier molecular flexibility index (Phi) is 3.41. The van der Waals surface area contributed by atoms with Crippen LogP contribution in [-0.4, -0.2) is 22.8 Å². The van der Waals surface area contributed by atoms with Gasteiger partial charge in [0.15, 0.2) is 0 Å². The number of hydrogen-bond acceptors (Lipinski definition) is 4. The third-order valence-corrected chi connectivity index (χ3v) is 4.84. The molecule has 1 saturated carbocycles. The fraction of sp³-hybridized carbons (Fsp3) is 0.294. The van der Waals surface area contributed by atoms with Crippen LogP contribution in [0.1, 0.15) is 17.8 Å². The van der Waals surface area contributed by atoms with Crippen LogP contribution in [0.2, 0.25) is 0 Å². The zero-order chi connectivity index (χ0) is 14.1. The van der Waals surface area contributed by atoms with Crippen molar-refractivity contribution >= 4 is 22.1 Å². The smallest absolute Gasteiger partial charge is 0.147 e. The average molecular weight is 295 g/mol. The van der Waals surface area contributed by atoms with Crippen LogP contribution < -0.4 is 5.32 Å². The lowest BCUT2D eigenvalue weighted by atomic mass is 10.1. The van der Waals surface area contributed by atoms with Crippen LogP contribution in [0.25, 0.3) is 21.3 Å². The van der Waals surface area contributed by atoms with E-state index in [0.717, 1.165) is 34.6 Å². The van der Waals surface area contributed by atoms with Crippen LogP contribution in [0.4, 0.5) is 0 Å². The minimum atomic E-state index is 0.762. The predicted molar refractivity (Wildman–Crippen MR) is 87.6 cm³/mol. The van der Waals surface area contributed by atoms with E-state index in [4.69, 9.17) is 0 Å². The summed E-state index contributed by atoms with van der Waals surface area (Å²) in [6.45, 7) is 1.01. The first kappa shape index (κ1) is 12.9. The third-order valence-electron chi connectivity index (χ3n) is 3.81. The van der Waals surface area contributed by atoms with E-state index >= 15 is 0 Å². The molecule has 3 nitrogen and oxygen atoms in total. The molecule has 1 heterocycles. The van der Waals surface area contributed by atoms with Crippen molar-refractivity contribution in [2.75, 3.05) is 6.54 Å². The highest BCUT2D eigenvalue weighted by Gasteiger charge is 2.19. The van der Waals surface area contributed by atoms with Crippen LogP contribution in [0.5, 0.6) is 0 Å². The average Bonchev–Trinajstić information content (AvgIpc) is 3.23. The number of nitrogens with one attached hydrogen (secondary N) is 1. The maximum Gasteiger partial charge on any atom is 0.147 e. The summed E-state index contributed by atoms with van der Waals surface area (Å²) in [5, 5.41) is 16.8. The molecular weight excluding hydrogens is 278 g/mol. The van der Waals surface area contributed by atoms with E-state index in [1.807, 2.05) is 0 Å². The molecule has 0 unspecified atom stereocenters. The van der Waals surface area contributed by atoms with E-state index in [-0.39, 0.29) is 0 Å². The van der Waals surface area contributed by atoms with Crippen LogP contribution in [0.15, 0.2) is 42.5 Å². The molecule has 0 atom stereocenters. The predicted octanol–water partition coefficient (Wildman–Crippen LogP) is 3.65. The lowest BCUT2D eigenvalue weighted by Crippen LogP contribution is -2.19. The minimum absolute atomic E-state index is 0.762. The van der Waals surface area contributed by atoms with Gasteiger partial charge < -0.3 is 5.32 Å². The normalized spacial score (nSPS) is 14.7. The molecule has 1 aromatic heterocycles. The van der Waals surface area contributed by atoms with Gasteiger partial charge in [0, 0.05) is 24.6 Å². The topological polar surface area (TPSA) is 37.8 Å². The van der Waals surface area contributed by atoms with E-state index < -0.39 is 0 Å². The van der Waals surface area contributed by atoms with Crippen LogP contribution in [0.3, 0.4) is 0 Å². The Bertz CT molecular complexity index is 761. The SMILES string of the molecule is c1ccc2cc(-c3nnc(CCNC4CC4)s3)ccc2c1. The molecule has 1 aliphatic rings. The summed E-state index contributed by atoms with van der Waals surface area (Å²) in [5.41, 5.74) is 1.16. The zero-order valence-corrected chi connectivity index (χ0v) is 12.6. The Labute approximate surface area is 128 Å². The van der Waals surface area contributed by atoms with Crippen molar-refractivity contribution < 1.29 is 0 Å². The highest BCUT2D eigenvalue weighted by atomic mass is 32.1. The third kappa shape index (κ3) is 2.96. The molecule has 4 rings (SSSR count). The molecule has 1 N–H and O–H groups in total. The quantitative estimate of drug-likeness (QED) is 0.780. The number of aromatic nitrogens is 2. The molecule has 1 aliphatic carbocycles. The summed E-state index contributed by atoms with van der Waals surface area (Å²) in [5.74, 6) is 0. The summed E-state index contributed by atoms with van der Waals surface area (Å²) >= 11 is 1.70. The highest BCUT2D eigenvalue weighted by molar-refractivity contribution is 7.14. The molecule has 0 aliphatic heterocycles. The van der Waals surface area contributed by atoms with Crippen molar-refractivity contribution in [3.05, 3.63) is 47.5 Å². The molecular formula is C17H17N3S. The molecule has 2 aromatic carbocycles. The summed E-state index contributed by atoms with van der Waals surface area (Å²) < 4.78 is 0. The van der Waals surface area contributed by atoms with Crippen molar-refractivity contribution in [2.24, 2.45) is 0 Å². The molecule has 0 bridgehead atoms. The number of hydrogen-bond donors (Lipinski definition) is 1. The Morgan fingerprint density at radius 1 is 1.05 bits per heavy atom. The van der Waals surface area contributed by atoms with Gasteiger partial charge in [-0.05, 0) is 29.7 Å². The molecule has 3 aromatic rings. The van der Waals surface area contributed by atoms with Gasteiger partial charge >= 0.3 is 0 Å². The van der Waals surface area contributed by atoms with Crippen LogP contribution in [-0.2, 0) is 6.42 Å². The molecule has 0 amide bonds. The van der Waals surface area contributed by atoms with Crippen molar-refractivity contribution in [1.82, 2.24) is 15.5 Å². The summed E-state index contributed by atoms with van der Waals surface area (Å²) in [6, 6.07) is 15.7. The van der Waals surface area contributed by atoms with Gasteiger partial charge in [0.05, 0.1) is 0 Å². The van der Waals surface area contributed by atoms with Gasteiger partial charge in [-0.25, -0.2) is 0 Å². The fourth-order valence-corrected chi connectivity index (χ4v) is 3.30. The van der Waals surface area contributed by atoms with Crippen LogP contribution in [0, 0.1) is 0 Å². The summed E-state index contributed by atoms with van der Waals surface area (Å²) in [6.07, 6.45) is 3.64. The molecule has 0 spiro atoms. The Balaban J connectivity index is 1.52. The van der Waals surface area contributed by atoms with Gasteiger partial charge in [0.25, 0.3) is 0 Å². The van der Waals surface area contributed by atoms with Crippen molar-refractivity contribution in [2.45, 2.75) is 25.3 Å². The monoisotopic (exact) mass is 295 g/mol. The van der Waals surface area contributed by atoms with Gasteiger partial charge in [0.2, 0.25) is 0 Å². The molecule has 21 heavy (non-hydrogen) atoms. The molecule has 106 valence electrons. The number of fused-ring (bicyclic) bond motifs is 1. The Hall–Kier alpha value is -1.78.